The van der Waals surface area contributed by atoms with Gasteiger partial charge in [-0.25, -0.2) is 9.37 Å². The summed E-state index contributed by atoms with van der Waals surface area (Å²) in [5, 5.41) is 1.05. The van der Waals surface area contributed by atoms with Gasteiger partial charge in [-0.2, -0.15) is 0 Å². The van der Waals surface area contributed by atoms with Crippen LogP contribution in [0.15, 0.2) is 75.2 Å². The first-order valence-electron chi connectivity index (χ1n) is 12.5. The zero-order valence-electron chi connectivity index (χ0n) is 20.9. The molecule has 0 bridgehead atoms. The normalized spacial score (nSPS) is 14.9. The first-order chi connectivity index (χ1) is 18.0. The molecule has 9 heteroatoms. The number of furan rings is 1. The standard InChI is InChI=1S/C28H31FN4O3S/c1-31-11-13-32(14-12-31)10-4-16-35-23-8-9-26-25(18-23)27(34)33(19-24-7-3-15-36-24)28(30-26)37-20-21-5-2-6-22(29)17-21/h2-3,5-9,15,17-18H,4,10-14,16,19-20H2,1H3. The van der Waals surface area contributed by atoms with Crippen LogP contribution in [0.1, 0.15) is 17.7 Å². The van der Waals surface area contributed by atoms with Crippen molar-refractivity contribution in [3.63, 3.8) is 0 Å². The Bertz CT molecular complexity index is 1380. The molecule has 7 nitrogen and oxygen atoms in total. The van der Waals surface area contributed by atoms with E-state index in [0.29, 0.717) is 39.9 Å². The summed E-state index contributed by atoms with van der Waals surface area (Å²) in [6, 6.07) is 15.6. The summed E-state index contributed by atoms with van der Waals surface area (Å²) in [4.78, 5) is 23.2. The maximum absolute atomic E-state index is 13.6. The van der Waals surface area contributed by atoms with Crippen molar-refractivity contribution in [1.29, 1.82) is 0 Å². The second kappa shape index (κ2) is 11.9. The lowest BCUT2D eigenvalue weighted by Crippen LogP contribution is -2.44. The third-order valence-electron chi connectivity index (χ3n) is 6.52. The largest absolute Gasteiger partial charge is 0.494 e. The third kappa shape index (κ3) is 6.60. The average molecular weight is 523 g/mol. The van der Waals surface area contributed by atoms with Crippen LogP contribution in [-0.4, -0.2) is 65.7 Å². The monoisotopic (exact) mass is 522 g/mol. The molecule has 3 heterocycles. The van der Waals surface area contributed by atoms with Crippen molar-refractivity contribution >= 4 is 22.7 Å². The van der Waals surface area contributed by atoms with Crippen LogP contribution in [0.3, 0.4) is 0 Å². The molecule has 0 atom stereocenters. The number of halogens is 1. The van der Waals surface area contributed by atoms with Gasteiger partial charge < -0.3 is 19.0 Å². The number of thioether (sulfide) groups is 1. The Hall–Kier alpha value is -3.14. The smallest absolute Gasteiger partial charge is 0.262 e. The Morgan fingerprint density at radius 2 is 1.95 bits per heavy atom. The Morgan fingerprint density at radius 1 is 1.08 bits per heavy atom. The van der Waals surface area contributed by atoms with Gasteiger partial charge in [0.05, 0.1) is 30.3 Å². The van der Waals surface area contributed by atoms with Crippen molar-refractivity contribution in [2.24, 2.45) is 0 Å². The average Bonchev–Trinajstić information content (AvgIpc) is 3.42. The lowest BCUT2D eigenvalue weighted by molar-refractivity contribution is 0.145. The molecular formula is C28H31FN4O3S. The number of rotatable bonds is 10. The van der Waals surface area contributed by atoms with Crippen molar-refractivity contribution in [2.45, 2.75) is 23.9 Å². The van der Waals surface area contributed by atoms with Gasteiger partial charge in [-0.15, -0.1) is 0 Å². The molecule has 0 N–H and O–H groups in total. The van der Waals surface area contributed by atoms with Gasteiger partial charge >= 0.3 is 0 Å². The number of benzene rings is 2. The molecule has 0 unspecified atom stereocenters. The Morgan fingerprint density at radius 3 is 2.73 bits per heavy atom. The maximum Gasteiger partial charge on any atom is 0.262 e. The van der Waals surface area contributed by atoms with Crippen LogP contribution in [0.2, 0.25) is 0 Å². The quantitative estimate of drug-likeness (QED) is 0.173. The van der Waals surface area contributed by atoms with E-state index in [1.807, 2.05) is 24.3 Å². The van der Waals surface area contributed by atoms with E-state index in [1.165, 1.54) is 23.9 Å². The van der Waals surface area contributed by atoms with Gasteiger partial charge in [-0.3, -0.25) is 9.36 Å². The molecule has 2 aromatic heterocycles. The van der Waals surface area contributed by atoms with E-state index in [0.717, 1.165) is 44.7 Å². The summed E-state index contributed by atoms with van der Waals surface area (Å²) in [6.07, 6.45) is 2.51. The fourth-order valence-corrected chi connectivity index (χ4v) is 5.34. The lowest BCUT2D eigenvalue weighted by atomic mass is 10.2. The van der Waals surface area contributed by atoms with Crippen LogP contribution in [0.25, 0.3) is 10.9 Å². The number of hydrogen-bond donors (Lipinski definition) is 0. The summed E-state index contributed by atoms with van der Waals surface area (Å²) >= 11 is 1.40. The van der Waals surface area contributed by atoms with Crippen LogP contribution in [0.5, 0.6) is 5.75 Å². The first-order valence-corrected chi connectivity index (χ1v) is 13.5. The van der Waals surface area contributed by atoms with Gasteiger partial charge in [-0.05, 0) is 61.5 Å². The summed E-state index contributed by atoms with van der Waals surface area (Å²) < 4.78 is 26.8. The molecule has 1 saturated heterocycles. The van der Waals surface area contributed by atoms with Crippen LogP contribution in [-0.2, 0) is 12.3 Å². The van der Waals surface area contributed by atoms with Crippen molar-refractivity contribution < 1.29 is 13.5 Å². The molecule has 2 aromatic carbocycles. The Kier molecular flexibility index (Phi) is 8.23. The summed E-state index contributed by atoms with van der Waals surface area (Å²) in [6.45, 7) is 6.24. The van der Waals surface area contributed by atoms with Crippen LogP contribution >= 0.6 is 11.8 Å². The second-order valence-corrected chi connectivity index (χ2v) is 10.3. The summed E-state index contributed by atoms with van der Waals surface area (Å²) in [5.74, 6) is 1.53. The third-order valence-corrected chi connectivity index (χ3v) is 7.57. The predicted octanol–water partition coefficient (Wildman–Crippen LogP) is 4.49. The molecule has 37 heavy (non-hydrogen) atoms. The number of likely N-dealkylation sites (N-methyl/N-ethyl adjacent to an activating group) is 1. The van der Waals surface area contributed by atoms with Crippen LogP contribution < -0.4 is 10.3 Å². The van der Waals surface area contributed by atoms with E-state index in [2.05, 4.69) is 16.8 Å². The highest BCUT2D eigenvalue weighted by Crippen LogP contribution is 2.25. The van der Waals surface area contributed by atoms with Gasteiger partial charge in [-0.1, -0.05) is 23.9 Å². The van der Waals surface area contributed by atoms with E-state index in [9.17, 15) is 9.18 Å². The van der Waals surface area contributed by atoms with Crippen molar-refractivity contribution in [3.8, 4) is 5.75 Å². The van der Waals surface area contributed by atoms with Gasteiger partial charge in [0, 0.05) is 38.5 Å². The number of fused-ring (bicyclic) bond motifs is 1. The minimum absolute atomic E-state index is 0.161. The summed E-state index contributed by atoms with van der Waals surface area (Å²) in [7, 11) is 2.16. The highest BCUT2D eigenvalue weighted by Gasteiger charge is 2.16. The SMILES string of the molecule is CN1CCN(CCCOc2ccc3nc(SCc4cccc(F)c4)n(Cc4ccco4)c(=O)c3c2)CC1. The van der Waals surface area contributed by atoms with Gasteiger partial charge in [0.15, 0.2) is 5.16 Å². The number of piperazine rings is 1. The molecule has 1 aliphatic heterocycles. The van der Waals surface area contributed by atoms with Gasteiger partial charge in [0.1, 0.15) is 17.3 Å². The van der Waals surface area contributed by atoms with E-state index in [-0.39, 0.29) is 17.9 Å². The van der Waals surface area contributed by atoms with E-state index in [4.69, 9.17) is 14.1 Å². The highest BCUT2D eigenvalue weighted by molar-refractivity contribution is 7.98. The molecule has 0 spiro atoms. The molecule has 5 rings (SSSR count). The minimum atomic E-state index is -0.284. The second-order valence-electron chi connectivity index (χ2n) is 9.31. The number of nitrogens with zero attached hydrogens (tertiary/aromatic N) is 4. The fourth-order valence-electron chi connectivity index (χ4n) is 4.40. The molecule has 194 valence electrons. The van der Waals surface area contributed by atoms with Gasteiger partial charge in [0.25, 0.3) is 5.56 Å². The van der Waals surface area contributed by atoms with Gasteiger partial charge in [0.2, 0.25) is 0 Å². The zero-order valence-corrected chi connectivity index (χ0v) is 21.8. The highest BCUT2D eigenvalue weighted by atomic mass is 32.2. The molecule has 0 amide bonds. The van der Waals surface area contributed by atoms with E-state index < -0.39 is 0 Å². The predicted molar refractivity (Wildman–Crippen MR) is 144 cm³/mol. The minimum Gasteiger partial charge on any atom is -0.494 e. The first kappa shape index (κ1) is 25.5. The van der Waals surface area contributed by atoms with Crippen molar-refractivity contribution in [1.82, 2.24) is 19.4 Å². The van der Waals surface area contributed by atoms with E-state index in [1.54, 1.807) is 29.0 Å². The van der Waals surface area contributed by atoms with Crippen LogP contribution in [0, 0.1) is 5.82 Å². The molecule has 4 aromatic rings. The van der Waals surface area contributed by atoms with E-state index >= 15 is 0 Å². The topological polar surface area (TPSA) is 63.7 Å². The fraction of sp³-hybridized carbons (Fsp3) is 0.357. The Labute approximate surface area is 219 Å². The maximum atomic E-state index is 13.6. The molecule has 0 radical (unpaired) electrons. The van der Waals surface area contributed by atoms with Crippen LogP contribution in [0.4, 0.5) is 4.39 Å². The zero-order chi connectivity index (χ0) is 25.6. The van der Waals surface area contributed by atoms with Crippen molar-refractivity contribution in [2.75, 3.05) is 46.4 Å². The Balaban J connectivity index is 1.32. The number of aromatic nitrogens is 2. The molecular weight excluding hydrogens is 491 g/mol. The number of ether oxygens (including phenoxy) is 1. The molecule has 1 fully saturated rings. The lowest BCUT2D eigenvalue weighted by Gasteiger charge is -2.32. The number of hydrogen-bond acceptors (Lipinski definition) is 7. The molecule has 0 saturated carbocycles. The molecule has 1 aliphatic rings. The molecule has 0 aliphatic carbocycles. The summed E-state index contributed by atoms with van der Waals surface area (Å²) in [5.41, 5.74) is 1.27. The van der Waals surface area contributed by atoms with Crippen molar-refractivity contribution in [3.05, 3.63) is 88.4 Å².